The monoisotopic (exact) mass is 915 g/mol. The minimum Gasteiger partial charge on any atom is -0.310 e. The van der Waals surface area contributed by atoms with Gasteiger partial charge in [0.05, 0.1) is 10.8 Å². The predicted octanol–water partition coefficient (Wildman–Crippen LogP) is 17.8. The normalized spacial score (nSPS) is 14.9. The molecule has 11 aromatic carbocycles. The van der Waals surface area contributed by atoms with E-state index in [1.54, 1.807) is 0 Å². The lowest BCUT2D eigenvalue weighted by Gasteiger charge is -2.35. The van der Waals surface area contributed by atoms with Crippen molar-refractivity contribution in [1.29, 1.82) is 0 Å². The van der Waals surface area contributed by atoms with Crippen LogP contribution in [0.3, 0.4) is 0 Å². The molecule has 11 aromatic rings. The molecular formula is C71H49N. The number of rotatable bonds is 6. The first kappa shape index (κ1) is 41.0. The molecule has 1 nitrogen and oxygen atoms in total. The van der Waals surface area contributed by atoms with E-state index in [2.05, 4.69) is 280 Å². The Balaban J connectivity index is 0.983. The molecule has 0 fully saturated rings. The van der Waals surface area contributed by atoms with Crippen molar-refractivity contribution in [3.63, 3.8) is 0 Å². The van der Waals surface area contributed by atoms with E-state index in [1.165, 1.54) is 111 Å². The van der Waals surface area contributed by atoms with E-state index < -0.39 is 10.8 Å². The third-order valence-corrected chi connectivity index (χ3v) is 17.0. The van der Waals surface area contributed by atoms with Gasteiger partial charge >= 0.3 is 0 Å². The van der Waals surface area contributed by atoms with Gasteiger partial charge in [-0.2, -0.15) is 0 Å². The van der Waals surface area contributed by atoms with Crippen molar-refractivity contribution in [1.82, 2.24) is 0 Å². The Morgan fingerprint density at radius 1 is 0.250 bits per heavy atom. The Hall–Kier alpha value is -8.78. The molecule has 338 valence electrons. The van der Waals surface area contributed by atoms with E-state index in [9.17, 15) is 0 Å². The Kier molecular flexibility index (Phi) is 8.62. The molecule has 0 radical (unpaired) electrons. The van der Waals surface area contributed by atoms with Crippen LogP contribution in [0.1, 0.15) is 69.5 Å². The predicted molar refractivity (Wildman–Crippen MR) is 298 cm³/mol. The summed E-state index contributed by atoms with van der Waals surface area (Å²) >= 11 is 0. The van der Waals surface area contributed by atoms with Crippen molar-refractivity contribution in [2.75, 3.05) is 4.90 Å². The second kappa shape index (κ2) is 15.1. The molecule has 0 aromatic heterocycles. The van der Waals surface area contributed by atoms with Crippen LogP contribution in [0.5, 0.6) is 0 Å². The molecule has 0 aliphatic heterocycles. The van der Waals surface area contributed by atoms with Crippen LogP contribution in [0.4, 0.5) is 17.1 Å². The number of fused-ring (bicyclic) bond motifs is 16. The van der Waals surface area contributed by atoms with Gasteiger partial charge < -0.3 is 4.90 Å². The molecule has 4 aliphatic rings. The molecule has 0 unspecified atom stereocenters. The van der Waals surface area contributed by atoms with Crippen LogP contribution >= 0.6 is 0 Å². The van der Waals surface area contributed by atoms with Crippen LogP contribution in [0.15, 0.2) is 261 Å². The van der Waals surface area contributed by atoms with E-state index in [0.717, 1.165) is 17.1 Å². The van der Waals surface area contributed by atoms with Gasteiger partial charge in [0.25, 0.3) is 0 Å². The third kappa shape index (κ3) is 5.32. The summed E-state index contributed by atoms with van der Waals surface area (Å²) in [5.41, 5.74) is 28.3. The van der Waals surface area contributed by atoms with Gasteiger partial charge in [-0.3, -0.25) is 0 Å². The molecule has 0 N–H and O–H groups in total. The lowest BCUT2D eigenvalue weighted by atomic mass is 9.67. The minimum atomic E-state index is -0.540. The van der Waals surface area contributed by atoms with Gasteiger partial charge in [-0.15, -0.1) is 0 Å². The molecule has 15 rings (SSSR count). The van der Waals surface area contributed by atoms with E-state index in [1.807, 2.05) is 0 Å². The van der Waals surface area contributed by atoms with Crippen LogP contribution in [0, 0.1) is 0 Å². The van der Waals surface area contributed by atoms with Gasteiger partial charge in [-0.05, 0) is 148 Å². The fraction of sp³-hybridized carbons (Fsp3) is 0.0704. The Bertz CT molecular complexity index is 3920. The summed E-state index contributed by atoms with van der Waals surface area (Å²) in [5.74, 6) is 0. The molecule has 0 bridgehead atoms. The zero-order valence-corrected chi connectivity index (χ0v) is 40.3. The van der Waals surface area contributed by atoms with Crippen molar-refractivity contribution in [3.8, 4) is 55.6 Å². The summed E-state index contributed by atoms with van der Waals surface area (Å²) in [7, 11) is 0. The van der Waals surface area contributed by atoms with Crippen molar-refractivity contribution in [2.24, 2.45) is 0 Å². The van der Waals surface area contributed by atoms with Gasteiger partial charge in [0.15, 0.2) is 0 Å². The quantitative estimate of drug-likeness (QED) is 0.161. The average molecular weight is 916 g/mol. The van der Waals surface area contributed by atoms with Crippen LogP contribution in [0.2, 0.25) is 0 Å². The van der Waals surface area contributed by atoms with Crippen LogP contribution in [0.25, 0.3) is 55.6 Å². The van der Waals surface area contributed by atoms with Gasteiger partial charge in [0.1, 0.15) is 0 Å². The van der Waals surface area contributed by atoms with E-state index in [0.29, 0.717) is 0 Å². The van der Waals surface area contributed by atoms with Crippen molar-refractivity contribution < 1.29 is 0 Å². The maximum atomic E-state index is 2.53. The van der Waals surface area contributed by atoms with Crippen LogP contribution < -0.4 is 4.90 Å². The largest absolute Gasteiger partial charge is 0.310 e. The minimum absolute atomic E-state index is 0.174. The molecule has 0 saturated carbocycles. The Morgan fingerprint density at radius 2 is 0.625 bits per heavy atom. The zero-order valence-electron chi connectivity index (χ0n) is 40.3. The molecule has 4 aliphatic carbocycles. The summed E-state index contributed by atoms with van der Waals surface area (Å²) in [6.07, 6.45) is 0. The highest BCUT2D eigenvalue weighted by molar-refractivity contribution is 5.99. The van der Waals surface area contributed by atoms with Crippen molar-refractivity contribution in [2.45, 2.75) is 30.1 Å². The summed E-state index contributed by atoms with van der Waals surface area (Å²) in [5, 5.41) is 0. The van der Waals surface area contributed by atoms with Crippen LogP contribution in [-0.4, -0.2) is 0 Å². The second-order valence-corrected chi connectivity index (χ2v) is 20.7. The third-order valence-electron chi connectivity index (χ3n) is 17.0. The lowest BCUT2D eigenvalue weighted by Crippen LogP contribution is -2.28. The molecule has 1 spiro atoms. The highest BCUT2D eigenvalue weighted by Crippen LogP contribution is 2.65. The molecule has 0 atom stereocenters. The molecule has 72 heavy (non-hydrogen) atoms. The molecule has 0 heterocycles. The van der Waals surface area contributed by atoms with Gasteiger partial charge in [0, 0.05) is 22.5 Å². The molecule has 0 amide bonds. The van der Waals surface area contributed by atoms with E-state index in [4.69, 9.17) is 0 Å². The summed E-state index contributed by atoms with van der Waals surface area (Å²) in [4.78, 5) is 2.53. The zero-order chi connectivity index (χ0) is 47.8. The summed E-state index contributed by atoms with van der Waals surface area (Å²) in [6, 6.07) is 98.5. The van der Waals surface area contributed by atoms with Crippen LogP contribution in [-0.2, 0) is 16.2 Å². The standard InChI is InChI=1S/C71H49N/c1-69(2)61-34-14-9-27-53(61)58-41-39-50(44-66(58)69)72(51-40-42-59-56-30-10-15-35-62(56)70(67(59)45-51,47-22-5-3-6-23-47)48-24-7-4-8-25-48)49-26-19-21-46(43-49)52-32-20-33-60-57-31-13-18-38-65(57)71(68(52)60)63-36-16-11-28-54(63)55-29-12-17-37-64(55)71/h3-45H,1-2H3. The van der Waals surface area contributed by atoms with E-state index >= 15 is 0 Å². The lowest BCUT2D eigenvalue weighted by molar-refractivity contribution is 0.660. The maximum Gasteiger partial charge on any atom is 0.0731 e. The van der Waals surface area contributed by atoms with Gasteiger partial charge in [-0.25, -0.2) is 0 Å². The number of nitrogens with zero attached hydrogens (tertiary/aromatic N) is 1. The Morgan fingerprint density at radius 3 is 1.18 bits per heavy atom. The van der Waals surface area contributed by atoms with Gasteiger partial charge in [-0.1, -0.05) is 238 Å². The first-order valence-corrected chi connectivity index (χ1v) is 25.4. The van der Waals surface area contributed by atoms with Gasteiger partial charge in [0.2, 0.25) is 0 Å². The molecule has 1 heteroatoms. The highest BCUT2D eigenvalue weighted by atomic mass is 15.1. The molecular weight excluding hydrogens is 867 g/mol. The summed E-state index contributed by atoms with van der Waals surface area (Å²) in [6.45, 7) is 4.77. The number of hydrogen-bond acceptors (Lipinski definition) is 1. The highest BCUT2D eigenvalue weighted by Gasteiger charge is 2.53. The number of anilines is 3. The summed E-state index contributed by atoms with van der Waals surface area (Å²) < 4.78 is 0. The van der Waals surface area contributed by atoms with Crippen molar-refractivity contribution in [3.05, 3.63) is 316 Å². The first-order valence-electron chi connectivity index (χ1n) is 25.4. The average Bonchev–Trinajstić information content (AvgIpc) is 4.10. The van der Waals surface area contributed by atoms with Crippen molar-refractivity contribution >= 4 is 17.1 Å². The Labute approximate surface area is 422 Å². The van der Waals surface area contributed by atoms with E-state index in [-0.39, 0.29) is 5.41 Å². The number of benzene rings is 11. The fourth-order valence-electron chi connectivity index (χ4n) is 14.1. The maximum absolute atomic E-state index is 2.53. The fourth-order valence-corrected chi connectivity index (χ4v) is 14.1. The SMILES string of the molecule is CC1(C)c2ccccc2-c2ccc(N(c3cccc(-c4cccc5c4C4(c6ccccc6-c6ccccc64)c4ccccc4-5)c3)c3ccc4c(c3)C(c3ccccc3)(c3ccccc3)c3ccccc3-4)cc21. The molecule has 0 saturated heterocycles. The number of hydrogen-bond donors (Lipinski definition) is 0. The first-order chi connectivity index (χ1) is 35.5. The second-order valence-electron chi connectivity index (χ2n) is 20.7. The topological polar surface area (TPSA) is 3.24 Å². The smallest absolute Gasteiger partial charge is 0.0731 e.